The number of benzene rings is 1. The van der Waals surface area contributed by atoms with Crippen molar-refractivity contribution in [2.24, 2.45) is 0 Å². The number of ether oxygens (including phenoxy) is 3. The molecule has 2 atom stereocenters. The van der Waals surface area contributed by atoms with Crippen molar-refractivity contribution in [3.8, 4) is 5.75 Å². The molecule has 17 heavy (non-hydrogen) atoms. The number of rotatable bonds is 5. The highest BCUT2D eigenvalue weighted by Crippen LogP contribution is 2.22. The number of aliphatic hydroxyl groups excluding tert-OH is 1. The number of aliphatic hydroxyl groups is 1. The summed E-state index contributed by atoms with van der Waals surface area (Å²) in [4.78, 5) is 11.3. The SMILES string of the molecule is COC(=O)[C@@H](OC)[C@H](O)c1ccc(OC)cc1. The van der Waals surface area contributed by atoms with E-state index in [1.54, 1.807) is 31.4 Å². The molecule has 0 aliphatic heterocycles. The van der Waals surface area contributed by atoms with Gasteiger partial charge in [-0.1, -0.05) is 12.1 Å². The molecule has 1 aromatic carbocycles. The third-order valence-electron chi connectivity index (χ3n) is 2.43. The molecule has 0 aromatic heterocycles. The predicted octanol–water partition coefficient (Wildman–Crippen LogP) is 0.917. The quantitative estimate of drug-likeness (QED) is 0.775. The number of carbonyl (C=O) groups is 1. The fourth-order valence-electron chi connectivity index (χ4n) is 1.45. The van der Waals surface area contributed by atoms with E-state index < -0.39 is 18.2 Å². The van der Waals surface area contributed by atoms with Crippen molar-refractivity contribution in [3.63, 3.8) is 0 Å². The van der Waals surface area contributed by atoms with Gasteiger partial charge in [0, 0.05) is 7.11 Å². The fraction of sp³-hybridized carbons (Fsp3) is 0.417. The zero-order valence-electron chi connectivity index (χ0n) is 10.0. The maximum Gasteiger partial charge on any atom is 0.338 e. The highest BCUT2D eigenvalue weighted by atomic mass is 16.6. The molecule has 0 aliphatic carbocycles. The second-order valence-electron chi connectivity index (χ2n) is 3.40. The van der Waals surface area contributed by atoms with Gasteiger partial charge in [-0.2, -0.15) is 0 Å². The van der Waals surface area contributed by atoms with E-state index in [0.717, 1.165) is 0 Å². The molecule has 0 heterocycles. The Kier molecular flexibility index (Phi) is 4.93. The summed E-state index contributed by atoms with van der Waals surface area (Å²) >= 11 is 0. The van der Waals surface area contributed by atoms with E-state index in [9.17, 15) is 9.90 Å². The summed E-state index contributed by atoms with van der Waals surface area (Å²) in [6, 6.07) is 6.72. The summed E-state index contributed by atoms with van der Waals surface area (Å²) in [5.41, 5.74) is 0.558. The molecule has 94 valence electrons. The molecule has 0 aliphatic rings. The van der Waals surface area contributed by atoms with Crippen molar-refractivity contribution < 1.29 is 24.1 Å². The molecule has 1 N–H and O–H groups in total. The van der Waals surface area contributed by atoms with Crippen LogP contribution in [0.4, 0.5) is 0 Å². The number of methoxy groups -OCH3 is 3. The lowest BCUT2D eigenvalue weighted by atomic mass is 10.0. The van der Waals surface area contributed by atoms with Crippen LogP contribution in [0.5, 0.6) is 5.75 Å². The van der Waals surface area contributed by atoms with Crippen LogP contribution < -0.4 is 4.74 Å². The lowest BCUT2D eigenvalue weighted by Crippen LogP contribution is -2.31. The summed E-state index contributed by atoms with van der Waals surface area (Å²) in [7, 11) is 4.14. The van der Waals surface area contributed by atoms with Crippen LogP contribution in [0.25, 0.3) is 0 Å². The maximum absolute atomic E-state index is 11.3. The van der Waals surface area contributed by atoms with Crippen LogP contribution >= 0.6 is 0 Å². The van der Waals surface area contributed by atoms with Crippen LogP contribution in [0, 0.1) is 0 Å². The first-order chi connectivity index (χ1) is 8.13. The number of hydrogen-bond donors (Lipinski definition) is 1. The summed E-state index contributed by atoms with van der Waals surface area (Å²) in [6.07, 6.45) is -2.10. The Labute approximate surface area is 99.9 Å². The van der Waals surface area contributed by atoms with Gasteiger partial charge >= 0.3 is 5.97 Å². The van der Waals surface area contributed by atoms with Gasteiger partial charge in [0.1, 0.15) is 11.9 Å². The van der Waals surface area contributed by atoms with Gasteiger partial charge in [-0.15, -0.1) is 0 Å². The Morgan fingerprint density at radius 3 is 2.18 bits per heavy atom. The predicted molar refractivity (Wildman–Crippen MR) is 60.8 cm³/mol. The second kappa shape index (κ2) is 6.22. The number of carbonyl (C=O) groups excluding carboxylic acids is 1. The van der Waals surface area contributed by atoms with Crippen LogP contribution in [0.1, 0.15) is 11.7 Å². The van der Waals surface area contributed by atoms with Crippen molar-refractivity contribution >= 4 is 5.97 Å². The smallest absolute Gasteiger partial charge is 0.338 e. The first-order valence-electron chi connectivity index (χ1n) is 5.06. The number of esters is 1. The zero-order chi connectivity index (χ0) is 12.8. The van der Waals surface area contributed by atoms with Crippen LogP contribution in [0.3, 0.4) is 0 Å². The van der Waals surface area contributed by atoms with E-state index in [2.05, 4.69) is 4.74 Å². The minimum absolute atomic E-state index is 0.558. The largest absolute Gasteiger partial charge is 0.497 e. The molecule has 0 radical (unpaired) electrons. The third kappa shape index (κ3) is 3.18. The van der Waals surface area contributed by atoms with Gasteiger partial charge in [-0.05, 0) is 17.7 Å². The molecule has 0 spiro atoms. The van der Waals surface area contributed by atoms with Gasteiger partial charge in [0.05, 0.1) is 14.2 Å². The lowest BCUT2D eigenvalue weighted by Gasteiger charge is -2.19. The summed E-state index contributed by atoms with van der Waals surface area (Å²) in [6.45, 7) is 0. The van der Waals surface area contributed by atoms with Gasteiger partial charge in [0.15, 0.2) is 6.10 Å². The van der Waals surface area contributed by atoms with E-state index in [1.807, 2.05) is 0 Å². The van der Waals surface area contributed by atoms with E-state index in [-0.39, 0.29) is 0 Å². The topological polar surface area (TPSA) is 65.0 Å². The maximum atomic E-state index is 11.3. The lowest BCUT2D eigenvalue weighted by molar-refractivity contribution is -0.159. The van der Waals surface area contributed by atoms with Crippen molar-refractivity contribution in [1.82, 2.24) is 0 Å². The van der Waals surface area contributed by atoms with Crippen molar-refractivity contribution in [1.29, 1.82) is 0 Å². The minimum Gasteiger partial charge on any atom is -0.497 e. The van der Waals surface area contributed by atoms with Crippen LogP contribution in [0.15, 0.2) is 24.3 Å². The van der Waals surface area contributed by atoms with Gasteiger partial charge in [-0.3, -0.25) is 0 Å². The molecule has 0 saturated carbocycles. The molecule has 1 aromatic rings. The van der Waals surface area contributed by atoms with Crippen molar-refractivity contribution in [3.05, 3.63) is 29.8 Å². The van der Waals surface area contributed by atoms with Gasteiger partial charge in [0.25, 0.3) is 0 Å². The van der Waals surface area contributed by atoms with Gasteiger partial charge in [0.2, 0.25) is 0 Å². The zero-order valence-corrected chi connectivity index (χ0v) is 10.0. The Morgan fingerprint density at radius 1 is 1.18 bits per heavy atom. The molecule has 1 rings (SSSR count). The van der Waals surface area contributed by atoms with Crippen molar-refractivity contribution in [2.75, 3.05) is 21.3 Å². The van der Waals surface area contributed by atoms with Crippen LogP contribution in [0.2, 0.25) is 0 Å². The monoisotopic (exact) mass is 240 g/mol. The highest BCUT2D eigenvalue weighted by molar-refractivity contribution is 5.75. The first-order valence-corrected chi connectivity index (χ1v) is 5.06. The molecule has 0 unspecified atom stereocenters. The highest BCUT2D eigenvalue weighted by Gasteiger charge is 2.28. The van der Waals surface area contributed by atoms with E-state index >= 15 is 0 Å². The molecular weight excluding hydrogens is 224 g/mol. The van der Waals surface area contributed by atoms with E-state index in [4.69, 9.17) is 9.47 Å². The summed E-state index contributed by atoms with van der Waals surface area (Å²) < 4.78 is 14.5. The molecule has 5 heteroatoms. The first kappa shape index (κ1) is 13.5. The average molecular weight is 240 g/mol. The molecule has 0 amide bonds. The minimum atomic E-state index is -1.07. The van der Waals surface area contributed by atoms with Gasteiger partial charge < -0.3 is 19.3 Å². The Bertz CT molecular complexity index is 360. The van der Waals surface area contributed by atoms with E-state index in [0.29, 0.717) is 11.3 Å². The van der Waals surface area contributed by atoms with E-state index in [1.165, 1.54) is 14.2 Å². The normalized spacial score (nSPS) is 13.9. The van der Waals surface area contributed by atoms with Gasteiger partial charge in [-0.25, -0.2) is 4.79 Å². The molecule has 5 nitrogen and oxygen atoms in total. The van der Waals surface area contributed by atoms with Crippen LogP contribution in [-0.2, 0) is 14.3 Å². The summed E-state index contributed by atoms with van der Waals surface area (Å²) in [5.74, 6) is 0.0591. The fourth-order valence-corrected chi connectivity index (χ4v) is 1.45. The molecule has 0 saturated heterocycles. The van der Waals surface area contributed by atoms with Crippen LogP contribution in [-0.4, -0.2) is 38.5 Å². The average Bonchev–Trinajstić information content (AvgIpc) is 2.39. The standard InChI is InChI=1S/C12H16O5/c1-15-9-6-4-8(5-7-9)10(13)11(16-2)12(14)17-3/h4-7,10-11,13H,1-3H3/t10-,11+/m1/s1. The Morgan fingerprint density at radius 2 is 1.76 bits per heavy atom. The molecule has 0 bridgehead atoms. The second-order valence-corrected chi connectivity index (χ2v) is 3.40. The number of hydrogen-bond acceptors (Lipinski definition) is 5. The van der Waals surface area contributed by atoms with Crippen molar-refractivity contribution in [2.45, 2.75) is 12.2 Å². The molecular formula is C12H16O5. The third-order valence-corrected chi connectivity index (χ3v) is 2.43. The summed E-state index contributed by atoms with van der Waals surface area (Å²) in [5, 5.41) is 9.98. The Balaban J connectivity index is 2.85. The Hall–Kier alpha value is -1.59. The molecule has 0 fully saturated rings.